The Morgan fingerprint density at radius 1 is 1.15 bits per heavy atom. The zero-order chi connectivity index (χ0) is 38.1. The van der Waals surface area contributed by atoms with E-state index in [1.807, 2.05) is 19.1 Å². The normalized spacial score (nSPS) is 19.4. The van der Waals surface area contributed by atoms with Crippen molar-refractivity contribution in [1.82, 2.24) is 14.5 Å². The fraction of sp³-hybridized carbons (Fsp3) is 0.488. The molecule has 12 heteroatoms. The summed E-state index contributed by atoms with van der Waals surface area (Å²) >= 11 is 0. The standard InChI is InChI=1S/C41H55N5O6S/c1-8-13-28(4)27-53(49,44-40(48)35-26-45(5)42-41(35)51-7)43-39(47)31-18-20-38-36(23-31)46(25-33-17-19-34(33)37(10-3)50-6)24-32-16-15-29(9-2)22-30(32)14-11-12-21-52-38/h8,10,15-16,18,20,22-23,26,28,33-34,37H,1,3,9,11-14,17,19,21,24-25,27H2,2,4-7H3,(H,43,44,47,48,49)/t28-,33-,34+,37-,53?/m0/s1. The van der Waals surface area contributed by atoms with Crippen molar-refractivity contribution in [1.29, 1.82) is 0 Å². The first kappa shape index (κ1) is 39.8. The molecule has 2 heterocycles. The molecule has 1 fully saturated rings. The average Bonchev–Trinajstić information content (AvgIpc) is 3.51. The van der Waals surface area contributed by atoms with Crippen LogP contribution in [-0.2, 0) is 41.1 Å². The number of hydrogen-bond acceptors (Lipinski definition) is 8. The average molecular weight is 746 g/mol. The van der Waals surface area contributed by atoms with Crippen LogP contribution in [-0.4, -0.2) is 65.0 Å². The zero-order valence-corrected chi connectivity index (χ0v) is 32.7. The molecule has 1 unspecified atom stereocenters. The van der Waals surface area contributed by atoms with E-state index in [0.29, 0.717) is 37.2 Å². The quantitative estimate of drug-likeness (QED) is 0.173. The molecular formula is C41H55N5O6S. The van der Waals surface area contributed by atoms with Gasteiger partial charge >= 0.3 is 0 Å². The van der Waals surface area contributed by atoms with Crippen molar-refractivity contribution in [3.05, 3.63) is 95.7 Å². The Kier molecular flexibility index (Phi) is 13.6. The lowest BCUT2D eigenvalue weighted by atomic mass is 9.70. The molecule has 1 aromatic heterocycles. The molecule has 1 aliphatic carbocycles. The van der Waals surface area contributed by atoms with E-state index in [0.717, 1.165) is 50.8 Å². The third-order valence-corrected chi connectivity index (χ3v) is 12.3. The molecule has 1 N–H and O–H groups in total. The van der Waals surface area contributed by atoms with Crippen molar-refractivity contribution >= 4 is 27.4 Å². The number of amides is 2. The number of nitrogens with one attached hydrogen (secondary N) is 1. The number of methoxy groups -OCH3 is 2. The molecule has 2 amide bonds. The first-order valence-electron chi connectivity index (χ1n) is 18.6. The molecule has 2 aromatic carbocycles. The maximum absolute atomic E-state index is 14.5. The van der Waals surface area contributed by atoms with E-state index in [1.165, 1.54) is 34.7 Å². The predicted molar refractivity (Wildman–Crippen MR) is 210 cm³/mol. The molecule has 1 aliphatic heterocycles. The summed E-state index contributed by atoms with van der Waals surface area (Å²) in [7, 11) is 1.18. The Morgan fingerprint density at radius 3 is 2.64 bits per heavy atom. The Balaban J connectivity index is 1.56. The molecule has 286 valence electrons. The predicted octanol–water partition coefficient (Wildman–Crippen LogP) is 7.11. The van der Waals surface area contributed by atoms with Gasteiger partial charge in [0.1, 0.15) is 21.2 Å². The summed E-state index contributed by atoms with van der Waals surface area (Å²) < 4.78 is 40.2. The van der Waals surface area contributed by atoms with E-state index in [9.17, 15) is 13.8 Å². The van der Waals surface area contributed by atoms with Crippen molar-refractivity contribution in [3.8, 4) is 11.6 Å². The summed E-state index contributed by atoms with van der Waals surface area (Å²) in [5.74, 6) is -0.214. The van der Waals surface area contributed by atoms with Crippen LogP contribution in [0.1, 0.15) is 83.4 Å². The Bertz CT molecular complexity index is 1910. The zero-order valence-electron chi connectivity index (χ0n) is 31.8. The topological polar surface area (TPSA) is 124 Å². The number of carbonyl (C=O) groups is 2. The Hall–Kier alpha value is -4.42. The van der Waals surface area contributed by atoms with Crippen LogP contribution in [0.15, 0.2) is 72.3 Å². The lowest BCUT2D eigenvalue weighted by molar-refractivity contribution is 0.0137. The minimum atomic E-state index is -3.60. The van der Waals surface area contributed by atoms with Crippen LogP contribution >= 0.6 is 0 Å². The minimum Gasteiger partial charge on any atom is -0.491 e. The molecule has 0 spiro atoms. The lowest BCUT2D eigenvalue weighted by Crippen LogP contribution is -2.43. The van der Waals surface area contributed by atoms with Crippen LogP contribution in [0.4, 0.5) is 5.69 Å². The largest absolute Gasteiger partial charge is 0.491 e. The van der Waals surface area contributed by atoms with Gasteiger partial charge in [0.25, 0.3) is 11.8 Å². The highest BCUT2D eigenvalue weighted by atomic mass is 32.2. The second-order valence-electron chi connectivity index (χ2n) is 14.3. The first-order valence-corrected chi connectivity index (χ1v) is 20.3. The van der Waals surface area contributed by atoms with Gasteiger partial charge in [0.15, 0.2) is 0 Å². The highest BCUT2D eigenvalue weighted by Gasteiger charge is 2.37. The minimum absolute atomic E-state index is 0.0435. The van der Waals surface area contributed by atoms with E-state index < -0.39 is 21.7 Å². The SMILES string of the molecule is C=CC[C@H](C)CS(=O)(=NC(=O)c1ccc2c(c1)N(C[C@@H]1CC[C@H]1[C@H](C=C)OC)Cc1ccc(CC)cc1CCCCO2)NC(=O)c1cn(C)nc1OC. The number of nitrogens with zero attached hydrogens (tertiary/aromatic N) is 4. The van der Waals surface area contributed by atoms with E-state index in [4.69, 9.17) is 14.2 Å². The molecule has 0 bridgehead atoms. The van der Waals surface area contributed by atoms with E-state index in [-0.39, 0.29) is 34.8 Å². The molecule has 53 heavy (non-hydrogen) atoms. The van der Waals surface area contributed by atoms with E-state index in [2.05, 4.69) is 57.4 Å². The third-order valence-electron chi connectivity index (χ3n) is 10.3. The van der Waals surface area contributed by atoms with Crippen molar-refractivity contribution < 1.29 is 28.0 Å². The third kappa shape index (κ3) is 9.77. The highest BCUT2D eigenvalue weighted by Crippen LogP contribution is 2.42. The van der Waals surface area contributed by atoms with Gasteiger partial charge in [0, 0.05) is 39.0 Å². The molecular weight excluding hydrogens is 691 g/mol. The molecule has 11 nitrogen and oxygen atoms in total. The number of aromatic nitrogens is 2. The molecule has 0 radical (unpaired) electrons. The van der Waals surface area contributed by atoms with Crippen LogP contribution in [0, 0.1) is 17.8 Å². The lowest BCUT2D eigenvalue weighted by Gasteiger charge is -2.43. The summed E-state index contributed by atoms with van der Waals surface area (Å²) in [4.78, 5) is 29.9. The number of fused-ring (bicyclic) bond motifs is 2. The number of benzene rings is 2. The molecule has 0 saturated heterocycles. The van der Waals surface area contributed by atoms with Gasteiger partial charge in [0.2, 0.25) is 5.88 Å². The van der Waals surface area contributed by atoms with Gasteiger partial charge in [-0.1, -0.05) is 44.2 Å². The van der Waals surface area contributed by atoms with Crippen LogP contribution in [0.5, 0.6) is 11.6 Å². The fourth-order valence-corrected chi connectivity index (χ4v) is 9.23. The summed E-state index contributed by atoms with van der Waals surface area (Å²) in [6, 6.07) is 12.0. The van der Waals surface area contributed by atoms with Crippen LogP contribution < -0.4 is 19.1 Å². The van der Waals surface area contributed by atoms with Gasteiger partial charge in [-0.2, -0.15) is 0 Å². The summed E-state index contributed by atoms with van der Waals surface area (Å²) in [5.41, 5.74) is 4.99. The van der Waals surface area contributed by atoms with Gasteiger partial charge in [-0.05, 0) is 97.6 Å². The monoisotopic (exact) mass is 745 g/mol. The Labute approximate surface area is 315 Å². The number of hydrogen-bond donors (Lipinski definition) is 1. The summed E-state index contributed by atoms with van der Waals surface area (Å²) in [6.45, 7) is 13.7. The summed E-state index contributed by atoms with van der Waals surface area (Å²) in [6.07, 6.45) is 11.5. The molecule has 3 aromatic rings. The number of aryl methyl sites for hydroxylation is 3. The second kappa shape index (κ2) is 18.1. The van der Waals surface area contributed by atoms with Crippen LogP contribution in [0.25, 0.3) is 0 Å². The number of anilines is 1. The summed E-state index contributed by atoms with van der Waals surface area (Å²) in [5, 5.41) is 4.14. The van der Waals surface area contributed by atoms with Crippen molar-refractivity contribution in [2.45, 2.75) is 71.4 Å². The van der Waals surface area contributed by atoms with Crippen molar-refractivity contribution in [2.24, 2.45) is 29.2 Å². The maximum atomic E-state index is 14.5. The molecule has 2 aliphatic rings. The van der Waals surface area contributed by atoms with Crippen LogP contribution in [0.3, 0.4) is 0 Å². The number of allylic oxidation sites excluding steroid dienone is 1. The molecule has 1 saturated carbocycles. The van der Waals surface area contributed by atoms with Gasteiger partial charge in [0.05, 0.1) is 31.3 Å². The first-order chi connectivity index (χ1) is 25.5. The highest BCUT2D eigenvalue weighted by molar-refractivity contribution is 7.92. The maximum Gasteiger partial charge on any atom is 0.286 e. The van der Waals surface area contributed by atoms with Crippen molar-refractivity contribution in [2.75, 3.05) is 38.0 Å². The molecule has 5 atom stereocenters. The smallest absolute Gasteiger partial charge is 0.286 e. The van der Waals surface area contributed by atoms with Gasteiger partial charge < -0.3 is 19.1 Å². The number of carbonyl (C=O) groups excluding carboxylic acids is 2. The second-order valence-corrected chi connectivity index (χ2v) is 16.3. The fourth-order valence-electron chi connectivity index (χ4n) is 7.34. The molecule has 5 rings (SSSR count). The van der Waals surface area contributed by atoms with E-state index >= 15 is 0 Å². The van der Waals surface area contributed by atoms with Gasteiger partial charge in [-0.3, -0.25) is 19.0 Å². The van der Waals surface area contributed by atoms with Gasteiger partial charge in [-0.15, -0.1) is 22.6 Å². The van der Waals surface area contributed by atoms with E-state index in [1.54, 1.807) is 32.4 Å². The number of rotatable bonds is 14. The number of ether oxygens (including phenoxy) is 3. The van der Waals surface area contributed by atoms with Crippen molar-refractivity contribution in [3.63, 3.8) is 0 Å². The van der Waals surface area contributed by atoms with Crippen LogP contribution in [0.2, 0.25) is 0 Å². The van der Waals surface area contributed by atoms with Gasteiger partial charge in [-0.25, -0.2) is 4.21 Å². The Morgan fingerprint density at radius 2 is 1.96 bits per heavy atom.